The minimum atomic E-state index is -0.725. The topological polar surface area (TPSA) is 63.5 Å². The van der Waals surface area contributed by atoms with Gasteiger partial charge in [-0.05, 0) is 32.4 Å². The van der Waals surface area contributed by atoms with Crippen LogP contribution in [-0.4, -0.2) is 65.0 Å². The number of ether oxygens (including phenoxy) is 1. The lowest BCUT2D eigenvalue weighted by Gasteiger charge is -2.27. The molecule has 1 aromatic carbocycles. The van der Waals surface area contributed by atoms with E-state index >= 15 is 0 Å². The Balaban J connectivity index is 1.56. The largest absolute Gasteiger partial charge is 0.379 e. The lowest BCUT2D eigenvalue weighted by atomic mass is 10.3. The number of carbonyl (C=O) groups excluding carboxylic acids is 1. The fourth-order valence-electron chi connectivity index (χ4n) is 3.71. The van der Waals surface area contributed by atoms with Gasteiger partial charge in [0, 0.05) is 37.9 Å². The molecule has 7 nitrogen and oxygen atoms in total. The number of anilines is 1. The Kier molecular flexibility index (Phi) is 6.59. The fourth-order valence-corrected chi connectivity index (χ4v) is 4.76. The predicted octanol–water partition coefficient (Wildman–Crippen LogP) is 3.14. The molecule has 1 saturated heterocycles. The highest BCUT2D eigenvalue weighted by atomic mass is 32.1. The number of aromatic nitrogens is 3. The van der Waals surface area contributed by atoms with Gasteiger partial charge in [-0.25, -0.2) is 13.8 Å². The van der Waals surface area contributed by atoms with E-state index in [2.05, 4.69) is 15.0 Å². The van der Waals surface area contributed by atoms with Crippen molar-refractivity contribution in [2.24, 2.45) is 0 Å². The molecule has 0 spiro atoms. The average molecular weight is 450 g/mol. The van der Waals surface area contributed by atoms with Crippen LogP contribution in [0.1, 0.15) is 17.8 Å². The molecule has 2 aromatic heterocycles. The van der Waals surface area contributed by atoms with Crippen LogP contribution in [0.25, 0.3) is 10.2 Å². The molecule has 1 fully saturated rings. The summed E-state index contributed by atoms with van der Waals surface area (Å²) in [6.45, 7) is 8.23. The molecular formula is C21H25F2N5O2S. The smallest absolute Gasteiger partial charge is 0.250 e. The van der Waals surface area contributed by atoms with Crippen LogP contribution in [0, 0.1) is 25.5 Å². The van der Waals surface area contributed by atoms with Crippen LogP contribution in [0.4, 0.5) is 13.9 Å². The van der Waals surface area contributed by atoms with Gasteiger partial charge in [0.25, 0.3) is 5.91 Å². The minimum absolute atomic E-state index is 0.0595. The molecule has 0 saturated carbocycles. The van der Waals surface area contributed by atoms with Crippen molar-refractivity contribution in [3.05, 3.63) is 41.2 Å². The third-order valence-corrected chi connectivity index (χ3v) is 6.31. The molecular weight excluding hydrogens is 424 g/mol. The molecule has 1 aliphatic heterocycles. The van der Waals surface area contributed by atoms with Gasteiger partial charge in [-0.1, -0.05) is 11.3 Å². The number of thiazole rings is 1. The molecule has 0 atom stereocenters. The number of halogens is 2. The number of morpholine rings is 1. The second-order valence-electron chi connectivity index (χ2n) is 7.67. The molecule has 0 bridgehead atoms. The van der Waals surface area contributed by atoms with Crippen molar-refractivity contribution in [2.75, 3.05) is 44.3 Å². The summed E-state index contributed by atoms with van der Waals surface area (Å²) < 4.78 is 35.2. The van der Waals surface area contributed by atoms with Crippen LogP contribution >= 0.6 is 11.3 Å². The van der Waals surface area contributed by atoms with Crippen LogP contribution < -0.4 is 4.90 Å². The van der Waals surface area contributed by atoms with Crippen molar-refractivity contribution < 1.29 is 18.3 Å². The SMILES string of the molecule is Cc1cc(C)n(CC(=O)N(CCCN2CCOCC2)c2nc3c(F)cc(F)cc3s2)n1. The molecule has 10 heteroatoms. The van der Waals surface area contributed by atoms with Crippen molar-refractivity contribution in [1.82, 2.24) is 19.7 Å². The van der Waals surface area contributed by atoms with E-state index in [9.17, 15) is 13.6 Å². The Bertz CT molecular complexity index is 1080. The summed E-state index contributed by atoms with van der Waals surface area (Å²) in [6.07, 6.45) is 0.732. The zero-order valence-corrected chi connectivity index (χ0v) is 18.4. The summed E-state index contributed by atoms with van der Waals surface area (Å²) in [5, 5.41) is 4.74. The zero-order valence-electron chi connectivity index (χ0n) is 17.6. The van der Waals surface area contributed by atoms with Gasteiger partial charge < -0.3 is 4.74 Å². The lowest BCUT2D eigenvalue weighted by Crippen LogP contribution is -2.40. The summed E-state index contributed by atoms with van der Waals surface area (Å²) >= 11 is 1.12. The third-order valence-electron chi connectivity index (χ3n) is 5.28. The number of benzene rings is 1. The normalized spacial score (nSPS) is 15.0. The predicted molar refractivity (Wildman–Crippen MR) is 115 cm³/mol. The highest BCUT2D eigenvalue weighted by Crippen LogP contribution is 2.31. The summed E-state index contributed by atoms with van der Waals surface area (Å²) in [7, 11) is 0. The number of carbonyl (C=O) groups is 1. The van der Waals surface area contributed by atoms with Crippen molar-refractivity contribution in [3.8, 4) is 0 Å². The highest BCUT2D eigenvalue weighted by Gasteiger charge is 2.23. The molecule has 3 aromatic rings. The van der Waals surface area contributed by atoms with Crippen molar-refractivity contribution in [3.63, 3.8) is 0 Å². The van der Waals surface area contributed by atoms with E-state index in [1.54, 1.807) is 9.58 Å². The molecule has 4 rings (SSSR count). The van der Waals surface area contributed by atoms with Crippen LogP contribution in [-0.2, 0) is 16.1 Å². The molecule has 3 heterocycles. The number of hydrogen-bond acceptors (Lipinski definition) is 6. The average Bonchev–Trinajstić information content (AvgIpc) is 3.28. The van der Waals surface area contributed by atoms with Gasteiger partial charge in [-0.3, -0.25) is 19.3 Å². The van der Waals surface area contributed by atoms with E-state index in [0.717, 1.165) is 54.8 Å². The first kappa shape index (κ1) is 21.8. The van der Waals surface area contributed by atoms with Gasteiger partial charge in [0.15, 0.2) is 10.9 Å². The molecule has 166 valence electrons. The van der Waals surface area contributed by atoms with E-state index in [0.29, 0.717) is 29.6 Å². The monoisotopic (exact) mass is 449 g/mol. The maximum atomic E-state index is 14.2. The van der Waals surface area contributed by atoms with E-state index in [-0.39, 0.29) is 18.0 Å². The molecule has 0 radical (unpaired) electrons. The number of fused-ring (bicyclic) bond motifs is 1. The highest BCUT2D eigenvalue weighted by molar-refractivity contribution is 7.22. The number of hydrogen-bond donors (Lipinski definition) is 0. The van der Waals surface area contributed by atoms with Crippen molar-refractivity contribution >= 4 is 32.6 Å². The summed E-state index contributed by atoms with van der Waals surface area (Å²) in [4.78, 5) is 21.4. The lowest BCUT2D eigenvalue weighted by molar-refractivity contribution is -0.119. The van der Waals surface area contributed by atoms with Gasteiger partial charge >= 0.3 is 0 Å². The molecule has 0 unspecified atom stereocenters. The van der Waals surface area contributed by atoms with Crippen LogP contribution in [0.3, 0.4) is 0 Å². The first-order chi connectivity index (χ1) is 14.9. The Morgan fingerprint density at radius 1 is 1.23 bits per heavy atom. The van der Waals surface area contributed by atoms with E-state index in [1.165, 1.54) is 6.07 Å². The van der Waals surface area contributed by atoms with Gasteiger partial charge in [0.1, 0.15) is 17.9 Å². The van der Waals surface area contributed by atoms with Crippen LogP contribution in [0.2, 0.25) is 0 Å². The quantitative estimate of drug-likeness (QED) is 0.555. The molecule has 1 aliphatic rings. The Hall–Kier alpha value is -2.43. The second kappa shape index (κ2) is 9.37. The second-order valence-corrected chi connectivity index (χ2v) is 8.68. The zero-order chi connectivity index (χ0) is 22.0. The van der Waals surface area contributed by atoms with Crippen molar-refractivity contribution in [1.29, 1.82) is 0 Å². The minimum Gasteiger partial charge on any atom is -0.379 e. The third kappa shape index (κ3) is 5.08. The number of rotatable bonds is 7. The van der Waals surface area contributed by atoms with Crippen LogP contribution in [0.15, 0.2) is 18.2 Å². The Morgan fingerprint density at radius 3 is 2.71 bits per heavy atom. The molecule has 0 N–H and O–H groups in total. The van der Waals surface area contributed by atoms with Gasteiger partial charge in [0.2, 0.25) is 0 Å². The number of aryl methyl sites for hydroxylation is 2. The summed E-state index contributed by atoms with van der Waals surface area (Å²) in [5.41, 5.74) is 1.80. The van der Waals surface area contributed by atoms with Crippen LogP contribution in [0.5, 0.6) is 0 Å². The number of amides is 1. The Labute approximate surface area is 183 Å². The van der Waals surface area contributed by atoms with Crippen molar-refractivity contribution in [2.45, 2.75) is 26.8 Å². The Morgan fingerprint density at radius 2 is 2.00 bits per heavy atom. The van der Waals surface area contributed by atoms with Gasteiger partial charge in [-0.15, -0.1) is 0 Å². The first-order valence-electron chi connectivity index (χ1n) is 10.3. The standard InChI is InChI=1S/C21H25F2N5O2S/c1-14-10-15(2)28(25-14)13-19(29)27(5-3-4-26-6-8-30-9-7-26)21-24-20-17(23)11-16(22)12-18(20)31-21/h10-12H,3-9,13H2,1-2H3. The fraction of sp³-hybridized carbons (Fsp3) is 0.476. The maximum Gasteiger partial charge on any atom is 0.250 e. The van der Waals surface area contributed by atoms with E-state index in [1.807, 2.05) is 19.9 Å². The number of nitrogens with zero attached hydrogens (tertiary/aromatic N) is 5. The molecule has 0 aliphatic carbocycles. The maximum absolute atomic E-state index is 14.2. The molecule has 1 amide bonds. The summed E-state index contributed by atoms with van der Waals surface area (Å²) in [5.74, 6) is -1.57. The molecule has 31 heavy (non-hydrogen) atoms. The van der Waals surface area contributed by atoms with E-state index < -0.39 is 11.6 Å². The van der Waals surface area contributed by atoms with Gasteiger partial charge in [0.05, 0.1) is 23.6 Å². The first-order valence-corrected chi connectivity index (χ1v) is 11.1. The van der Waals surface area contributed by atoms with E-state index in [4.69, 9.17) is 4.74 Å². The summed E-state index contributed by atoms with van der Waals surface area (Å²) in [6, 6.07) is 3.97. The van der Waals surface area contributed by atoms with Gasteiger partial charge in [-0.2, -0.15) is 5.10 Å².